The maximum Gasteiger partial charge on any atom is 0.0487 e. The third kappa shape index (κ3) is 13.9. The summed E-state index contributed by atoms with van der Waals surface area (Å²) in [6, 6.07) is 0.576. The maximum atomic E-state index is 5.50. The van der Waals surface area contributed by atoms with Gasteiger partial charge in [-0.3, -0.25) is 0 Å². The molecule has 0 bridgehead atoms. The van der Waals surface area contributed by atoms with Crippen molar-refractivity contribution >= 4 is 0 Å². The second kappa shape index (κ2) is 12.9. The number of nitrogens with one attached hydrogen (secondary N) is 1. The van der Waals surface area contributed by atoms with Crippen LogP contribution in [0.5, 0.6) is 0 Å². The summed E-state index contributed by atoms with van der Waals surface area (Å²) in [7, 11) is 0. The molecule has 16 heavy (non-hydrogen) atoms. The minimum Gasteiger partial charge on any atom is -0.381 e. The number of ether oxygens (including phenoxy) is 2. The SMILES string of the molecule is CCCCOCCCOCCCNC(C)C.[HH]. The van der Waals surface area contributed by atoms with E-state index in [9.17, 15) is 0 Å². The van der Waals surface area contributed by atoms with E-state index in [0.717, 1.165) is 45.8 Å². The van der Waals surface area contributed by atoms with Gasteiger partial charge >= 0.3 is 0 Å². The minimum absolute atomic E-state index is 0. The monoisotopic (exact) mass is 233 g/mol. The first-order valence-electron chi connectivity index (χ1n) is 6.66. The van der Waals surface area contributed by atoms with Crippen molar-refractivity contribution in [3.8, 4) is 0 Å². The van der Waals surface area contributed by atoms with Gasteiger partial charge in [0.2, 0.25) is 0 Å². The molecule has 100 valence electrons. The van der Waals surface area contributed by atoms with Crippen molar-refractivity contribution in [2.45, 2.75) is 52.5 Å². The van der Waals surface area contributed by atoms with Crippen LogP contribution in [0.4, 0.5) is 0 Å². The summed E-state index contributed by atoms with van der Waals surface area (Å²) in [5, 5.41) is 3.37. The molecule has 0 aliphatic heterocycles. The van der Waals surface area contributed by atoms with Gasteiger partial charge in [-0.25, -0.2) is 0 Å². The lowest BCUT2D eigenvalue weighted by Crippen LogP contribution is -2.24. The van der Waals surface area contributed by atoms with Gasteiger partial charge in [0.25, 0.3) is 0 Å². The fourth-order valence-corrected chi connectivity index (χ4v) is 1.28. The highest BCUT2D eigenvalue weighted by molar-refractivity contribution is 4.51. The van der Waals surface area contributed by atoms with Crippen LogP contribution in [0, 0.1) is 0 Å². The van der Waals surface area contributed by atoms with Gasteiger partial charge in [-0.1, -0.05) is 27.2 Å². The molecular weight excluding hydrogens is 202 g/mol. The van der Waals surface area contributed by atoms with E-state index < -0.39 is 0 Å². The van der Waals surface area contributed by atoms with Crippen LogP contribution in [0.3, 0.4) is 0 Å². The summed E-state index contributed by atoms with van der Waals surface area (Å²) < 4.78 is 10.9. The third-order valence-electron chi connectivity index (χ3n) is 2.24. The van der Waals surface area contributed by atoms with Gasteiger partial charge in [0, 0.05) is 33.9 Å². The smallest absolute Gasteiger partial charge is 0.0487 e. The molecular formula is C13H31NO2. The zero-order chi connectivity index (χ0) is 12.1. The van der Waals surface area contributed by atoms with Crippen LogP contribution in [-0.2, 0) is 9.47 Å². The summed E-state index contributed by atoms with van der Waals surface area (Å²) >= 11 is 0. The Kier molecular flexibility index (Phi) is 12.9. The van der Waals surface area contributed by atoms with Gasteiger partial charge in [-0.15, -0.1) is 0 Å². The van der Waals surface area contributed by atoms with Gasteiger partial charge in [-0.05, 0) is 25.8 Å². The zero-order valence-electron chi connectivity index (χ0n) is 11.3. The van der Waals surface area contributed by atoms with E-state index >= 15 is 0 Å². The van der Waals surface area contributed by atoms with Crippen molar-refractivity contribution < 1.29 is 10.9 Å². The predicted molar refractivity (Wildman–Crippen MR) is 71.0 cm³/mol. The number of unbranched alkanes of at least 4 members (excludes halogenated alkanes) is 1. The van der Waals surface area contributed by atoms with Gasteiger partial charge in [0.05, 0.1) is 0 Å². The predicted octanol–water partition coefficient (Wildman–Crippen LogP) is 2.84. The van der Waals surface area contributed by atoms with Crippen LogP contribution >= 0.6 is 0 Å². The molecule has 0 saturated heterocycles. The number of rotatable bonds is 12. The average molecular weight is 233 g/mol. The maximum absolute atomic E-state index is 5.50. The normalized spacial score (nSPS) is 11.2. The highest BCUT2D eigenvalue weighted by Gasteiger charge is 1.93. The molecule has 3 nitrogen and oxygen atoms in total. The summed E-state index contributed by atoms with van der Waals surface area (Å²) in [5.74, 6) is 0. The molecule has 0 rings (SSSR count). The van der Waals surface area contributed by atoms with Crippen LogP contribution in [0.1, 0.15) is 47.9 Å². The lowest BCUT2D eigenvalue weighted by Gasteiger charge is -2.08. The van der Waals surface area contributed by atoms with E-state index in [1.807, 2.05) is 0 Å². The Bertz CT molecular complexity index is 135. The molecule has 0 fully saturated rings. The van der Waals surface area contributed by atoms with Gasteiger partial charge in [-0.2, -0.15) is 0 Å². The van der Waals surface area contributed by atoms with Crippen molar-refractivity contribution in [1.29, 1.82) is 0 Å². The molecule has 0 spiro atoms. The molecule has 3 heteroatoms. The summed E-state index contributed by atoms with van der Waals surface area (Å²) in [5.41, 5.74) is 0. The summed E-state index contributed by atoms with van der Waals surface area (Å²) in [4.78, 5) is 0. The fraction of sp³-hybridized carbons (Fsp3) is 1.00. The van der Waals surface area contributed by atoms with Crippen LogP contribution in [0.25, 0.3) is 0 Å². The molecule has 0 amide bonds. The van der Waals surface area contributed by atoms with E-state index in [1.54, 1.807) is 0 Å². The number of hydrogen-bond donors (Lipinski definition) is 1. The Morgan fingerprint density at radius 3 is 2.06 bits per heavy atom. The van der Waals surface area contributed by atoms with Gasteiger partial charge in [0.1, 0.15) is 0 Å². The Balaban J connectivity index is 0. The second-order valence-electron chi connectivity index (χ2n) is 4.39. The summed E-state index contributed by atoms with van der Waals surface area (Å²) in [6.07, 6.45) is 4.48. The van der Waals surface area contributed by atoms with Crippen molar-refractivity contribution in [1.82, 2.24) is 5.32 Å². The molecule has 0 atom stereocenters. The van der Waals surface area contributed by atoms with E-state index in [4.69, 9.17) is 9.47 Å². The molecule has 0 aromatic carbocycles. The standard InChI is InChI=1S/C13H29NO2.H2/c1-4-5-9-15-11-7-12-16-10-6-8-14-13(2)3;/h13-14H,4-12H2,1-3H3;1H. The molecule has 0 radical (unpaired) electrons. The molecule has 0 aromatic heterocycles. The van der Waals surface area contributed by atoms with Gasteiger partial charge in [0.15, 0.2) is 0 Å². The van der Waals surface area contributed by atoms with Crippen LogP contribution in [0.15, 0.2) is 0 Å². The molecule has 0 unspecified atom stereocenters. The van der Waals surface area contributed by atoms with Crippen LogP contribution in [0.2, 0.25) is 0 Å². The lowest BCUT2D eigenvalue weighted by molar-refractivity contribution is 0.0806. The topological polar surface area (TPSA) is 30.5 Å². The molecule has 0 heterocycles. The van der Waals surface area contributed by atoms with Crippen LogP contribution < -0.4 is 5.32 Å². The van der Waals surface area contributed by atoms with E-state index in [-0.39, 0.29) is 1.43 Å². The van der Waals surface area contributed by atoms with Crippen molar-refractivity contribution in [2.24, 2.45) is 0 Å². The van der Waals surface area contributed by atoms with E-state index in [0.29, 0.717) is 6.04 Å². The first-order valence-corrected chi connectivity index (χ1v) is 6.66. The minimum atomic E-state index is 0. The van der Waals surface area contributed by atoms with Crippen molar-refractivity contribution in [2.75, 3.05) is 33.0 Å². The Morgan fingerprint density at radius 2 is 1.50 bits per heavy atom. The summed E-state index contributed by atoms with van der Waals surface area (Å²) in [6.45, 7) is 11.0. The van der Waals surface area contributed by atoms with Crippen LogP contribution in [-0.4, -0.2) is 39.0 Å². The quantitative estimate of drug-likeness (QED) is 0.526. The zero-order valence-corrected chi connectivity index (χ0v) is 11.3. The fourth-order valence-electron chi connectivity index (χ4n) is 1.28. The highest BCUT2D eigenvalue weighted by atomic mass is 16.5. The molecule has 0 saturated carbocycles. The molecule has 1 N–H and O–H groups in total. The highest BCUT2D eigenvalue weighted by Crippen LogP contribution is 1.91. The first kappa shape index (κ1) is 15.9. The largest absolute Gasteiger partial charge is 0.381 e. The second-order valence-corrected chi connectivity index (χ2v) is 4.39. The Hall–Kier alpha value is -0.120. The Labute approximate surface area is 102 Å². The first-order chi connectivity index (χ1) is 7.77. The van der Waals surface area contributed by atoms with Gasteiger partial charge < -0.3 is 14.8 Å². The molecule has 0 aliphatic carbocycles. The third-order valence-corrected chi connectivity index (χ3v) is 2.24. The Morgan fingerprint density at radius 1 is 0.938 bits per heavy atom. The molecule has 0 aromatic rings. The molecule has 0 aliphatic rings. The van der Waals surface area contributed by atoms with Crippen molar-refractivity contribution in [3.63, 3.8) is 0 Å². The van der Waals surface area contributed by atoms with E-state index in [2.05, 4.69) is 26.1 Å². The number of hydrogen-bond acceptors (Lipinski definition) is 3. The average Bonchev–Trinajstić information content (AvgIpc) is 2.25. The van der Waals surface area contributed by atoms with E-state index in [1.165, 1.54) is 12.8 Å². The lowest BCUT2D eigenvalue weighted by atomic mass is 10.3. The van der Waals surface area contributed by atoms with Crippen molar-refractivity contribution in [3.05, 3.63) is 0 Å².